The Balaban J connectivity index is 1.97. The first-order valence-electron chi connectivity index (χ1n) is 10.1. The second kappa shape index (κ2) is 10.3. The Kier molecular flexibility index (Phi) is 7.29. The average Bonchev–Trinajstić information content (AvgIpc) is 2.80. The molecular formula is C23H21N3O7. The highest BCUT2D eigenvalue weighted by Crippen LogP contribution is 2.27. The number of benzene rings is 2. The topological polar surface area (TPSA) is 149 Å². The van der Waals surface area contributed by atoms with Gasteiger partial charge in [-0.05, 0) is 24.6 Å². The number of aromatic nitrogens is 1. The van der Waals surface area contributed by atoms with Gasteiger partial charge in [0, 0.05) is 29.6 Å². The van der Waals surface area contributed by atoms with Gasteiger partial charge >= 0.3 is 11.9 Å². The van der Waals surface area contributed by atoms with Gasteiger partial charge in [-0.15, -0.1) is 0 Å². The standard InChI is InChI=1S/C23H21N3O7/c1-2-33-20(27)13-18(14-7-9-15(10-8-14)26(31)32)21(23(29)30)25-22(28)17-11-12-24-19-6-4-3-5-16(17)19/h3-12,18,21H,2,13H2,1H3,(H,25,28)(H,29,30)/t18-,21-/m1/s1. The fourth-order valence-electron chi connectivity index (χ4n) is 3.52. The van der Waals surface area contributed by atoms with Crippen LogP contribution in [0.4, 0.5) is 5.69 Å². The number of aliphatic carboxylic acids is 1. The Hall–Kier alpha value is -4.34. The third kappa shape index (κ3) is 5.48. The lowest BCUT2D eigenvalue weighted by molar-refractivity contribution is -0.384. The van der Waals surface area contributed by atoms with Crippen molar-refractivity contribution < 1.29 is 29.2 Å². The van der Waals surface area contributed by atoms with Crippen molar-refractivity contribution in [2.75, 3.05) is 6.61 Å². The van der Waals surface area contributed by atoms with Crippen molar-refractivity contribution in [1.29, 1.82) is 0 Å². The molecule has 10 nitrogen and oxygen atoms in total. The smallest absolute Gasteiger partial charge is 0.326 e. The number of para-hydroxylation sites is 1. The second-order valence-electron chi connectivity index (χ2n) is 7.13. The average molecular weight is 451 g/mol. The third-order valence-electron chi connectivity index (χ3n) is 5.07. The zero-order valence-corrected chi connectivity index (χ0v) is 17.6. The van der Waals surface area contributed by atoms with E-state index in [1.165, 1.54) is 36.5 Å². The van der Waals surface area contributed by atoms with E-state index in [1.807, 2.05) is 0 Å². The van der Waals surface area contributed by atoms with Crippen LogP contribution in [-0.4, -0.2) is 45.5 Å². The van der Waals surface area contributed by atoms with E-state index < -0.39 is 34.7 Å². The van der Waals surface area contributed by atoms with Crippen molar-refractivity contribution in [2.24, 2.45) is 0 Å². The van der Waals surface area contributed by atoms with Crippen LogP contribution in [0.3, 0.4) is 0 Å². The number of rotatable bonds is 9. The van der Waals surface area contributed by atoms with E-state index in [-0.39, 0.29) is 24.3 Å². The van der Waals surface area contributed by atoms with Crippen LogP contribution in [0.2, 0.25) is 0 Å². The molecule has 0 aliphatic rings. The first kappa shape index (κ1) is 23.3. The first-order chi connectivity index (χ1) is 15.8. The zero-order valence-electron chi connectivity index (χ0n) is 17.6. The zero-order chi connectivity index (χ0) is 24.0. The van der Waals surface area contributed by atoms with Crippen molar-refractivity contribution in [1.82, 2.24) is 10.3 Å². The normalized spacial score (nSPS) is 12.5. The largest absolute Gasteiger partial charge is 0.480 e. The van der Waals surface area contributed by atoms with E-state index in [9.17, 15) is 29.6 Å². The molecule has 170 valence electrons. The molecule has 3 rings (SSSR count). The molecule has 2 aromatic carbocycles. The number of carbonyl (C=O) groups excluding carboxylic acids is 2. The lowest BCUT2D eigenvalue weighted by Gasteiger charge is -2.25. The van der Waals surface area contributed by atoms with E-state index in [0.29, 0.717) is 16.5 Å². The SMILES string of the molecule is CCOC(=O)C[C@H](c1ccc([N+](=O)[O-])cc1)[C@@H](NC(=O)c1ccnc2ccccc12)C(=O)O. The predicted octanol–water partition coefficient (Wildman–Crippen LogP) is 3.06. The molecule has 0 bridgehead atoms. The number of nitro benzene ring substituents is 1. The van der Waals surface area contributed by atoms with Gasteiger partial charge in [0.25, 0.3) is 11.6 Å². The molecule has 33 heavy (non-hydrogen) atoms. The van der Waals surface area contributed by atoms with Crippen LogP contribution >= 0.6 is 0 Å². The van der Waals surface area contributed by atoms with Crippen LogP contribution in [0.25, 0.3) is 10.9 Å². The van der Waals surface area contributed by atoms with Gasteiger partial charge in [-0.1, -0.05) is 30.3 Å². The van der Waals surface area contributed by atoms with E-state index in [1.54, 1.807) is 31.2 Å². The molecule has 1 amide bonds. The van der Waals surface area contributed by atoms with E-state index >= 15 is 0 Å². The molecule has 0 fully saturated rings. The molecule has 0 saturated carbocycles. The summed E-state index contributed by atoms with van der Waals surface area (Å²) in [6.07, 6.45) is 1.10. The van der Waals surface area contributed by atoms with Crippen LogP contribution in [0, 0.1) is 10.1 Å². The van der Waals surface area contributed by atoms with Gasteiger partial charge in [-0.25, -0.2) is 4.79 Å². The Morgan fingerprint density at radius 1 is 1.12 bits per heavy atom. The number of carboxylic acid groups (broad SMARTS) is 1. The summed E-state index contributed by atoms with van der Waals surface area (Å²) in [4.78, 5) is 52.0. The summed E-state index contributed by atoms with van der Waals surface area (Å²) in [5.41, 5.74) is 0.939. The van der Waals surface area contributed by atoms with E-state index in [2.05, 4.69) is 10.3 Å². The number of nitro groups is 1. The molecule has 2 atom stereocenters. The summed E-state index contributed by atoms with van der Waals surface area (Å²) in [6.45, 7) is 1.71. The van der Waals surface area contributed by atoms with Crippen LogP contribution in [0.1, 0.15) is 35.2 Å². The number of carbonyl (C=O) groups is 3. The Bertz CT molecular complexity index is 1190. The minimum absolute atomic E-state index is 0.0961. The lowest BCUT2D eigenvalue weighted by atomic mass is 9.88. The van der Waals surface area contributed by atoms with Crippen LogP contribution in [0.15, 0.2) is 60.8 Å². The van der Waals surface area contributed by atoms with Gasteiger partial charge in [-0.3, -0.25) is 24.7 Å². The quantitative estimate of drug-likeness (QED) is 0.286. The van der Waals surface area contributed by atoms with E-state index in [4.69, 9.17) is 4.74 Å². The number of hydrogen-bond donors (Lipinski definition) is 2. The molecular weight excluding hydrogens is 430 g/mol. The lowest BCUT2D eigenvalue weighted by Crippen LogP contribution is -2.45. The van der Waals surface area contributed by atoms with Crippen molar-refractivity contribution in [3.05, 3.63) is 82.0 Å². The number of non-ortho nitro benzene ring substituents is 1. The summed E-state index contributed by atoms with van der Waals surface area (Å²) in [5.74, 6) is -3.71. The molecule has 3 aromatic rings. The highest BCUT2D eigenvalue weighted by molar-refractivity contribution is 6.07. The molecule has 0 radical (unpaired) electrons. The molecule has 10 heteroatoms. The predicted molar refractivity (Wildman–Crippen MR) is 118 cm³/mol. The van der Waals surface area contributed by atoms with Crippen molar-refractivity contribution >= 4 is 34.4 Å². The molecule has 0 spiro atoms. The molecule has 0 aliphatic carbocycles. The molecule has 1 heterocycles. The Morgan fingerprint density at radius 3 is 2.45 bits per heavy atom. The van der Waals surface area contributed by atoms with Gasteiger partial charge in [-0.2, -0.15) is 0 Å². The van der Waals surface area contributed by atoms with Crippen molar-refractivity contribution in [3.63, 3.8) is 0 Å². The Morgan fingerprint density at radius 2 is 1.82 bits per heavy atom. The highest BCUT2D eigenvalue weighted by Gasteiger charge is 2.34. The van der Waals surface area contributed by atoms with Crippen LogP contribution in [0.5, 0.6) is 0 Å². The highest BCUT2D eigenvalue weighted by atomic mass is 16.6. The van der Waals surface area contributed by atoms with Gasteiger partial charge in [0.15, 0.2) is 0 Å². The number of esters is 1. The molecule has 0 aliphatic heterocycles. The third-order valence-corrected chi connectivity index (χ3v) is 5.07. The maximum atomic E-state index is 13.1. The molecule has 2 N–H and O–H groups in total. The number of nitrogens with zero attached hydrogens (tertiary/aromatic N) is 2. The van der Waals surface area contributed by atoms with Gasteiger partial charge in [0.05, 0.1) is 29.0 Å². The minimum Gasteiger partial charge on any atom is -0.480 e. The van der Waals surface area contributed by atoms with Gasteiger partial charge < -0.3 is 15.2 Å². The van der Waals surface area contributed by atoms with Gasteiger partial charge in [0.2, 0.25) is 0 Å². The van der Waals surface area contributed by atoms with Crippen molar-refractivity contribution in [2.45, 2.75) is 25.3 Å². The first-order valence-corrected chi connectivity index (χ1v) is 10.1. The summed E-state index contributed by atoms with van der Waals surface area (Å²) < 4.78 is 4.97. The van der Waals surface area contributed by atoms with E-state index in [0.717, 1.165) is 0 Å². The second-order valence-corrected chi connectivity index (χ2v) is 7.13. The number of carboxylic acids is 1. The number of ether oxygens (including phenoxy) is 1. The fraction of sp³-hybridized carbons (Fsp3) is 0.217. The fourth-order valence-corrected chi connectivity index (χ4v) is 3.52. The van der Waals surface area contributed by atoms with Crippen LogP contribution in [-0.2, 0) is 14.3 Å². The molecule has 1 aromatic heterocycles. The Labute approximate surface area is 188 Å². The number of nitrogens with one attached hydrogen (secondary N) is 1. The van der Waals surface area contributed by atoms with Crippen LogP contribution < -0.4 is 5.32 Å². The number of hydrogen-bond acceptors (Lipinski definition) is 7. The summed E-state index contributed by atoms with van der Waals surface area (Å²) in [5, 5.41) is 23.9. The summed E-state index contributed by atoms with van der Waals surface area (Å²) in [6, 6.07) is 12.0. The number of pyridine rings is 1. The maximum absolute atomic E-state index is 13.1. The molecule has 0 saturated heterocycles. The number of fused-ring (bicyclic) bond motifs is 1. The number of amides is 1. The monoisotopic (exact) mass is 451 g/mol. The van der Waals surface area contributed by atoms with Gasteiger partial charge in [0.1, 0.15) is 6.04 Å². The molecule has 0 unspecified atom stereocenters. The van der Waals surface area contributed by atoms with Crippen molar-refractivity contribution in [3.8, 4) is 0 Å². The summed E-state index contributed by atoms with van der Waals surface area (Å²) in [7, 11) is 0. The maximum Gasteiger partial charge on any atom is 0.326 e. The summed E-state index contributed by atoms with van der Waals surface area (Å²) >= 11 is 0. The minimum atomic E-state index is -1.50.